The summed E-state index contributed by atoms with van der Waals surface area (Å²) in [7, 11) is 1.03. The highest BCUT2D eigenvalue weighted by Crippen LogP contribution is 2.33. The molecule has 0 saturated heterocycles. The predicted octanol–water partition coefficient (Wildman–Crippen LogP) is 2.00. The van der Waals surface area contributed by atoms with Crippen LogP contribution in [0.15, 0.2) is 6.07 Å². The molecule has 8 heteroatoms. The number of carbonyl (C=O) groups is 1. The van der Waals surface area contributed by atoms with Crippen molar-refractivity contribution in [3.8, 4) is 11.6 Å². The fraction of sp³-hybridized carbons (Fsp3) is 0.333. The SMILES string of the molecule is COc1c(C(=O)O)cc(C)nc1OC(F)(F)F. The van der Waals surface area contributed by atoms with E-state index in [0.717, 1.165) is 13.2 Å². The van der Waals surface area contributed by atoms with Crippen LogP contribution < -0.4 is 9.47 Å². The van der Waals surface area contributed by atoms with Crippen LogP contribution in [0.2, 0.25) is 0 Å². The molecule has 0 aromatic carbocycles. The highest BCUT2D eigenvalue weighted by molar-refractivity contribution is 5.91. The molecule has 1 aromatic heterocycles. The summed E-state index contributed by atoms with van der Waals surface area (Å²) in [4.78, 5) is 14.2. The summed E-state index contributed by atoms with van der Waals surface area (Å²) in [6, 6.07) is 1.09. The van der Waals surface area contributed by atoms with Gasteiger partial charge in [-0.05, 0) is 13.0 Å². The van der Waals surface area contributed by atoms with Gasteiger partial charge in [0.1, 0.15) is 5.56 Å². The van der Waals surface area contributed by atoms with E-state index < -0.39 is 29.5 Å². The van der Waals surface area contributed by atoms with Crippen LogP contribution in [-0.4, -0.2) is 29.5 Å². The van der Waals surface area contributed by atoms with Gasteiger partial charge in [0.25, 0.3) is 5.88 Å². The number of carboxylic acid groups (broad SMARTS) is 1. The molecule has 0 aliphatic heterocycles. The first-order chi connectivity index (χ1) is 7.74. The standard InChI is InChI=1S/C9H8F3NO4/c1-4-3-5(8(14)15)6(16-2)7(13-4)17-9(10,11)12/h3H,1-2H3,(H,14,15). The van der Waals surface area contributed by atoms with E-state index in [1.807, 2.05) is 0 Å². The highest BCUT2D eigenvalue weighted by atomic mass is 19.4. The van der Waals surface area contributed by atoms with Crippen molar-refractivity contribution in [2.45, 2.75) is 13.3 Å². The minimum Gasteiger partial charge on any atom is -0.491 e. The molecule has 1 rings (SSSR count). The topological polar surface area (TPSA) is 68.7 Å². The molecule has 0 saturated carbocycles. The molecule has 0 aliphatic rings. The molecule has 0 atom stereocenters. The Hall–Kier alpha value is -1.99. The first-order valence-electron chi connectivity index (χ1n) is 4.29. The Labute approximate surface area is 93.8 Å². The first kappa shape index (κ1) is 13.1. The third kappa shape index (κ3) is 3.23. The highest BCUT2D eigenvalue weighted by Gasteiger charge is 2.34. The van der Waals surface area contributed by atoms with Gasteiger partial charge in [0.15, 0.2) is 5.75 Å². The number of methoxy groups -OCH3 is 1. The lowest BCUT2D eigenvalue weighted by Crippen LogP contribution is -2.19. The van der Waals surface area contributed by atoms with Gasteiger partial charge in [-0.2, -0.15) is 0 Å². The van der Waals surface area contributed by atoms with E-state index in [0.29, 0.717) is 0 Å². The number of halogens is 3. The molecule has 0 spiro atoms. The predicted molar refractivity (Wildman–Crippen MR) is 49.2 cm³/mol. The number of aryl methyl sites for hydroxylation is 1. The quantitative estimate of drug-likeness (QED) is 0.889. The number of nitrogens with zero attached hydrogens (tertiary/aromatic N) is 1. The molecule has 0 radical (unpaired) electrons. The average molecular weight is 251 g/mol. The van der Waals surface area contributed by atoms with Crippen LogP contribution in [0, 0.1) is 6.92 Å². The average Bonchev–Trinajstić information content (AvgIpc) is 2.14. The van der Waals surface area contributed by atoms with Gasteiger partial charge in [-0.15, -0.1) is 13.2 Å². The lowest BCUT2D eigenvalue weighted by atomic mass is 10.2. The van der Waals surface area contributed by atoms with Gasteiger partial charge in [0.05, 0.1) is 7.11 Å². The molecule has 94 valence electrons. The minimum atomic E-state index is -4.97. The second-order valence-corrected chi connectivity index (χ2v) is 3.00. The van der Waals surface area contributed by atoms with E-state index in [9.17, 15) is 18.0 Å². The number of carboxylic acids is 1. The molecule has 17 heavy (non-hydrogen) atoms. The van der Waals surface area contributed by atoms with Gasteiger partial charge >= 0.3 is 12.3 Å². The molecule has 1 N–H and O–H groups in total. The van der Waals surface area contributed by atoms with Crippen LogP contribution in [0.5, 0.6) is 11.6 Å². The molecule has 5 nitrogen and oxygen atoms in total. The molecule has 1 heterocycles. The third-order valence-electron chi connectivity index (χ3n) is 1.72. The van der Waals surface area contributed by atoms with Crippen LogP contribution in [0.25, 0.3) is 0 Å². The van der Waals surface area contributed by atoms with Crippen molar-refractivity contribution < 1.29 is 32.5 Å². The van der Waals surface area contributed by atoms with E-state index in [2.05, 4.69) is 14.5 Å². The zero-order valence-corrected chi connectivity index (χ0v) is 8.83. The lowest BCUT2D eigenvalue weighted by Gasteiger charge is -2.13. The Morgan fingerprint density at radius 1 is 1.47 bits per heavy atom. The normalized spacial score (nSPS) is 11.1. The molecule has 0 bridgehead atoms. The van der Waals surface area contributed by atoms with E-state index in [1.54, 1.807) is 0 Å². The monoisotopic (exact) mass is 251 g/mol. The zero-order valence-electron chi connectivity index (χ0n) is 8.83. The van der Waals surface area contributed by atoms with Crippen LogP contribution >= 0.6 is 0 Å². The summed E-state index contributed by atoms with van der Waals surface area (Å²) in [5, 5.41) is 8.80. The molecule has 0 fully saturated rings. The summed E-state index contributed by atoms with van der Waals surface area (Å²) in [6.07, 6.45) is -4.97. The fourth-order valence-corrected chi connectivity index (χ4v) is 1.17. The van der Waals surface area contributed by atoms with E-state index in [1.165, 1.54) is 6.92 Å². The van der Waals surface area contributed by atoms with Crippen LogP contribution in [0.4, 0.5) is 13.2 Å². The Balaban J connectivity index is 3.33. The largest absolute Gasteiger partial charge is 0.574 e. The second-order valence-electron chi connectivity index (χ2n) is 3.00. The van der Waals surface area contributed by atoms with Crippen LogP contribution in [0.3, 0.4) is 0 Å². The van der Waals surface area contributed by atoms with Gasteiger partial charge in [-0.25, -0.2) is 9.78 Å². The van der Waals surface area contributed by atoms with Crippen molar-refractivity contribution in [2.24, 2.45) is 0 Å². The van der Waals surface area contributed by atoms with Gasteiger partial charge in [0, 0.05) is 5.69 Å². The molecular formula is C9H8F3NO4. The zero-order chi connectivity index (χ0) is 13.2. The van der Waals surface area contributed by atoms with Crippen molar-refractivity contribution in [1.29, 1.82) is 0 Å². The van der Waals surface area contributed by atoms with Crippen molar-refractivity contribution >= 4 is 5.97 Å². The van der Waals surface area contributed by atoms with Crippen LogP contribution in [0.1, 0.15) is 16.1 Å². The Kier molecular flexibility index (Phi) is 3.45. The molecule has 0 amide bonds. The second kappa shape index (κ2) is 4.48. The first-order valence-corrected chi connectivity index (χ1v) is 4.29. The molecule has 1 aromatic rings. The fourth-order valence-electron chi connectivity index (χ4n) is 1.17. The van der Waals surface area contributed by atoms with Gasteiger partial charge in [0.2, 0.25) is 0 Å². The number of aromatic carboxylic acids is 1. The van der Waals surface area contributed by atoms with E-state index in [-0.39, 0.29) is 5.69 Å². The smallest absolute Gasteiger partial charge is 0.491 e. The summed E-state index contributed by atoms with van der Waals surface area (Å²) in [5.41, 5.74) is -0.373. The maximum atomic E-state index is 12.1. The minimum absolute atomic E-state index is 0.0717. The third-order valence-corrected chi connectivity index (χ3v) is 1.72. The lowest BCUT2D eigenvalue weighted by molar-refractivity contribution is -0.276. The Morgan fingerprint density at radius 2 is 2.06 bits per heavy atom. The van der Waals surface area contributed by atoms with E-state index >= 15 is 0 Å². The van der Waals surface area contributed by atoms with Crippen molar-refractivity contribution in [3.63, 3.8) is 0 Å². The Morgan fingerprint density at radius 3 is 2.47 bits per heavy atom. The number of ether oxygens (including phenoxy) is 2. The maximum absolute atomic E-state index is 12.1. The summed E-state index contributed by atoms with van der Waals surface area (Å²) >= 11 is 0. The van der Waals surface area contributed by atoms with Crippen LogP contribution in [-0.2, 0) is 0 Å². The maximum Gasteiger partial charge on any atom is 0.574 e. The Bertz CT molecular complexity index is 445. The molecule has 0 unspecified atom stereocenters. The van der Waals surface area contributed by atoms with Gasteiger partial charge in [-0.1, -0.05) is 0 Å². The molecule has 0 aliphatic carbocycles. The summed E-state index contributed by atoms with van der Waals surface area (Å²) < 4.78 is 44.3. The number of pyridine rings is 1. The van der Waals surface area contributed by atoms with E-state index in [4.69, 9.17) is 5.11 Å². The van der Waals surface area contributed by atoms with Gasteiger partial charge < -0.3 is 14.6 Å². The number of rotatable bonds is 3. The molecular weight excluding hydrogens is 243 g/mol. The summed E-state index contributed by atoms with van der Waals surface area (Å²) in [5.74, 6) is -2.92. The van der Waals surface area contributed by atoms with Crippen molar-refractivity contribution in [3.05, 3.63) is 17.3 Å². The number of hydrogen-bond donors (Lipinski definition) is 1. The summed E-state index contributed by atoms with van der Waals surface area (Å²) in [6.45, 7) is 1.34. The van der Waals surface area contributed by atoms with Crippen molar-refractivity contribution in [1.82, 2.24) is 4.98 Å². The number of alkyl halides is 3. The number of hydrogen-bond acceptors (Lipinski definition) is 4. The number of aromatic nitrogens is 1. The van der Waals surface area contributed by atoms with Gasteiger partial charge in [-0.3, -0.25) is 0 Å². The van der Waals surface area contributed by atoms with Crippen molar-refractivity contribution in [2.75, 3.05) is 7.11 Å².